The van der Waals surface area contributed by atoms with Gasteiger partial charge in [0.1, 0.15) is 0 Å². The molecule has 0 atom stereocenters. The lowest BCUT2D eigenvalue weighted by molar-refractivity contribution is 0.291. The van der Waals surface area contributed by atoms with Crippen LogP contribution in [0.25, 0.3) is 0 Å². The summed E-state index contributed by atoms with van der Waals surface area (Å²) in [5.74, 6) is 0.398. The molecule has 2 rings (SSSR count). The van der Waals surface area contributed by atoms with Crippen molar-refractivity contribution in [2.24, 2.45) is 0 Å². The Labute approximate surface area is 114 Å². The summed E-state index contributed by atoms with van der Waals surface area (Å²) in [6.45, 7) is 4.56. The summed E-state index contributed by atoms with van der Waals surface area (Å²) in [5.41, 5.74) is 0.639. The minimum absolute atomic E-state index is 0.288. The first kappa shape index (κ1) is 13.8. The van der Waals surface area contributed by atoms with Crippen molar-refractivity contribution in [3.63, 3.8) is 0 Å². The number of benzene rings is 1. The van der Waals surface area contributed by atoms with Gasteiger partial charge in [0, 0.05) is 18.0 Å². The van der Waals surface area contributed by atoms with Crippen LogP contribution in [0.4, 0.5) is 0 Å². The highest BCUT2D eigenvalue weighted by molar-refractivity contribution is 7.89. The highest BCUT2D eigenvalue weighted by Crippen LogP contribution is 2.33. The average molecular weight is 288 g/mol. The Kier molecular flexibility index (Phi) is 3.72. The van der Waals surface area contributed by atoms with Gasteiger partial charge in [-0.25, -0.2) is 8.42 Å². The van der Waals surface area contributed by atoms with Crippen LogP contribution in [0.1, 0.15) is 32.3 Å². The van der Waals surface area contributed by atoms with Gasteiger partial charge in [0.05, 0.1) is 4.90 Å². The lowest BCUT2D eigenvalue weighted by Gasteiger charge is -2.30. The Morgan fingerprint density at radius 2 is 1.89 bits per heavy atom. The summed E-state index contributed by atoms with van der Waals surface area (Å²) in [6, 6.07) is 6.81. The highest BCUT2D eigenvalue weighted by atomic mass is 35.5. The lowest BCUT2D eigenvalue weighted by atomic mass is 10.0. The molecular weight excluding hydrogens is 270 g/mol. The number of rotatable bonds is 3. The van der Waals surface area contributed by atoms with Crippen LogP contribution < -0.4 is 0 Å². The van der Waals surface area contributed by atoms with Gasteiger partial charge in [-0.2, -0.15) is 4.31 Å². The quantitative estimate of drug-likeness (QED) is 0.802. The molecule has 1 heterocycles. The van der Waals surface area contributed by atoms with Crippen molar-refractivity contribution < 1.29 is 8.42 Å². The van der Waals surface area contributed by atoms with Crippen LogP contribution in [-0.2, 0) is 15.9 Å². The molecule has 0 aliphatic carbocycles. The zero-order valence-corrected chi connectivity index (χ0v) is 12.3. The normalized spacial score (nSPS) is 20.2. The summed E-state index contributed by atoms with van der Waals surface area (Å²) in [6.07, 6.45) is 1.83. The molecular formula is C13H18ClNO2S. The third-order valence-electron chi connectivity index (χ3n) is 3.49. The largest absolute Gasteiger partial charge is 0.243 e. The first-order chi connectivity index (χ1) is 8.38. The van der Waals surface area contributed by atoms with Gasteiger partial charge in [-0.05, 0) is 44.4 Å². The van der Waals surface area contributed by atoms with E-state index in [9.17, 15) is 8.42 Å². The Morgan fingerprint density at radius 1 is 1.28 bits per heavy atom. The van der Waals surface area contributed by atoms with Crippen molar-refractivity contribution in [3.05, 3.63) is 29.8 Å². The second-order valence-corrected chi connectivity index (χ2v) is 7.40. The molecule has 0 bridgehead atoms. The number of sulfonamides is 1. The third-order valence-corrected chi connectivity index (χ3v) is 5.92. The smallest absolute Gasteiger partial charge is 0.207 e. The SMILES string of the molecule is CC1(C)CCCN1S(=O)(=O)c1ccc(CCl)cc1. The van der Waals surface area contributed by atoms with Gasteiger partial charge in [0.2, 0.25) is 10.0 Å². The van der Waals surface area contributed by atoms with Crippen LogP contribution in [0.5, 0.6) is 0 Å². The van der Waals surface area contributed by atoms with E-state index < -0.39 is 10.0 Å². The third kappa shape index (κ3) is 2.42. The molecule has 3 nitrogen and oxygen atoms in total. The minimum Gasteiger partial charge on any atom is -0.207 e. The molecule has 1 aromatic rings. The van der Waals surface area contributed by atoms with Gasteiger partial charge in [-0.3, -0.25) is 0 Å². The van der Waals surface area contributed by atoms with E-state index in [0.717, 1.165) is 18.4 Å². The van der Waals surface area contributed by atoms with Gasteiger partial charge < -0.3 is 0 Å². The molecule has 18 heavy (non-hydrogen) atoms. The fourth-order valence-corrected chi connectivity index (χ4v) is 4.43. The minimum atomic E-state index is -3.38. The van der Waals surface area contributed by atoms with E-state index in [1.54, 1.807) is 28.6 Å². The van der Waals surface area contributed by atoms with E-state index in [-0.39, 0.29) is 5.54 Å². The standard InChI is InChI=1S/C13H18ClNO2S/c1-13(2)8-3-9-15(13)18(16,17)12-6-4-11(10-14)5-7-12/h4-7H,3,8-10H2,1-2H3. The Morgan fingerprint density at radius 3 is 2.33 bits per heavy atom. The van der Waals surface area contributed by atoms with Crippen LogP contribution in [0, 0.1) is 0 Å². The molecule has 0 radical (unpaired) electrons. The Balaban J connectivity index is 2.36. The van der Waals surface area contributed by atoms with Gasteiger partial charge in [-0.15, -0.1) is 11.6 Å². The number of hydrogen-bond donors (Lipinski definition) is 0. The van der Waals surface area contributed by atoms with Gasteiger partial charge in [0.25, 0.3) is 0 Å². The molecule has 0 amide bonds. The maximum absolute atomic E-state index is 12.5. The molecule has 5 heteroatoms. The molecule has 0 unspecified atom stereocenters. The lowest BCUT2D eigenvalue weighted by Crippen LogP contribution is -2.42. The Hall–Kier alpha value is -0.580. The zero-order valence-electron chi connectivity index (χ0n) is 10.7. The highest BCUT2D eigenvalue weighted by Gasteiger charge is 2.40. The molecule has 1 aliphatic heterocycles. The first-order valence-electron chi connectivity index (χ1n) is 6.06. The van der Waals surface area contributed by atoms with Crippen molar-refractivity contribution in [2.45, 2.75) is 43.0 Å². The molecule has 1 aliphatic rings. The van der Waals surface area contributed by atoms with E-state index in [4.69, 9.17) is 11.6 Å². The molecule has 0 aromatic heterocycles. The van der Waals surface area contributed by atoms with Crippen LogP contribution in [0.15, 0.2) is 29.2 Å². The first-order valence-corrected chi connectivity index (χ1v) is 8.03. The number of halogens is 1. The summed E-state index contributed by atoms with van der Waals surface area (Å²) in [7, 11) is -3.38. The maximum atomic E-state index is 12.5. The number of alkyl halides is 1. The van der Waals surface area contributed by atoms with Gasteiger partial charge >= 0.3 is 0 Å². The summed E-state index contributed by atoms with van der Waals surface area (Å²) < 4.78 is 26.7. The summed E-state index contributed by atoms with van der Waals surface area (Å²) in [4.78, 5) is 0.353. The molecule has 0 spiro atoms. The fourth-order valence-electron chi connectivity index (χ4n) is 2.41. The number of hydrogen-bond acceptors (Lipinski definition) is 2. The Bertz CT molecular complexity index is 522. The van der Waals surface area contributed by atoms with E-state index in [0.29, 0.717) is 17.3 Å². The molecule has 1 saturated heterocycles. The zero-order chi connectivity index (χ0) is 13.4. The van der Waals surface area contributed by atoms with Gasteiger partial charge in [-0.1, -0.05) is 12.1 Å². The van der Waals surface area contributed by atoms with E-state index in [1.165, 1.54) is 0 Å². The average Bonchev–Trinajstić information content (AvgIpc) is 2.69. The molecule has 0 N–H and O–H groups in total. The van der Waals surface area contributed by atoms with Crippen LogP contribution in [0.3, 0.4) is 0 Å². The summed E-state index contributed by atoms with van der Waals surface area (Å²) >= 11 is 5.71. The van der Waals surface area contributed by atoms with Crippen molar-refractivity contribution in [3.8, 4) is 0 Å². The van der Waals surface area contributed by atoms with Crippen LogP contribution in [-0.4, -0.2) is 24.8 Å². The molecule has 1 fully saturated rings. The van der Waals surface area contributed by atoms with Crippen molar-refractivity contribution in [2.75, 3.05) is 6.54 Å². The molecule has 0 saturated carbocycles. The van der Waals surface area contributed by atoms with Crippen LogP contribution >= 0.6 is 11.6 Å². The van der Waals surface area contributed by atoms with E-state index in [1.807, 2.05) is 13.8 Å². The predicted octanol–water partition coefficient (Wildman–Crippen LogP) is 2.99. The van der Waals surface area contributed by atoms with Gasteiger partial charge in [0.15, 0.2) is 0 Å². The van der Waals surface area contributed by atoms with Crippen LogP contribution in [0.2, 0.25) is 0 Å². The maximum Gasteiger partial charge on any atom is 0.243 e. The van der Waals surface area contributed by atoms with Crippen molar-refractivity contribution in [1.29, 1.82) is 0 Å². The van der Waals surface area contributed by atoms with Crippen molar-refractivity contribution >= 4 is 21.6 Å². The molecule has 100 valence electrons. The number of nitrogens with zero attached hydrogens (tertiary/aromatic N) is 1. The summed E-state index contributed by atoms with van der Waals surface area (Å²) in [5, 5.41) is 0. The van der Waals surface area contributed by atoms with E-state index in [2.05, 4.69) is 0 Å². The second kappa shape index (κ2) is 4.83. The van der Waals surface area contributed by atoms with E-state index >= 15 is 0 Å². The topological polar surface area (TPSA) is 37.4 Å². The monoisotopic (exact) mass is 287 g/mol. The van der Waals surface area contributed by atoms with Crippen molar-refractivity contribution in [1.82, 2.24) is 4.31 Å². The predicted molar refractivity (Wildman–Crippen MR) is 73.2 cm³/mol. The molecule has 1 aromatic carbocycles. The second-order valence-electron chi connectivity index (χ2n) is 5.27. The fraction of sp³-hybridized carbons (Fsp3) is 0.538.